The van der Waals surface area contributed by atoms with Crippen LogP contribution in [0.25, 0.3) is 0 Å². The molecule has 4 N–H and O–H groups in total. The van der Waals surface area contributed by atoms with Crippen LogP contribution < -0.4 is 11.5 Å². The molecule has 1 fully saturated rings. The number of para-hydroxylation sites is 1. The molecule has 5 heteroatoms. The van der Waals surface area contributed by atoms with E-state index in [0.717, 1.165) is 24.1 Å². The number of rotatable bonds is 6. The number of amides is 1. The minimum atomic E-state index is -0.328. The zero-order valence-electron chi connectivity index (χ0n) is 11.9. The van der Waals surface area contributed by atoms with E-state index in [-0.39, 0.29) is 18.6 Å². The van der Waals surface area contributed by atoms with E-state index in [1.165, 1.54) is 0 Å². The van der Waals surface area contributed by atoms with Crippen LogP contribution in [0.4, 0.5) is 5.69 Å². The average Bonchev–Trinajstić information content (AvgIpc) is 2.77. The molecule has 1 saturated heterocycles. The van der Waals surface area contributed by atoms with E-state index in [1.807, 2.05) is 29.2 Å². The summed E-state index contributed by atoms with van der Waals surface area (Å²) in [5, 5.41) is 0. The first-order valence-corrected chi connectivity index (χ1v) is 7.04. The molecule has 20 heavy (non-hydrogen) atoms. The van der Waals surface area contributed by atoms with Crippen molar-refractivity contribution in [1.29, 1.82) is 0 Å². The van der Waals surface area contributed by atoms with Gasteiger partial charge in [0.1, 0.15) is 0 Å². The average molecular weight is 277 g/mol. The fraction of sp³-hybridized carbons (Fsp3) is 0.533. The molecule has 0 spiro atoms. The Labute approximate surface area is 119 Å². The smallest absolute Gasteiger partial charge is 0.231 e. The SMILES string of the molecule is CC1CCC(CN(CC(N)=O)Cc2ccccc2N)O1. The van der Waals surface area contributed by atoms with Crippen molar-refractivity contribution in [3.05, 3.63) is 29.8 Å². The van der Waals surface area contributed by atoms with Gasteiger partial charge >= 0.3 is 0 Å². The molecule has 0 saturated carbocycles. The van der Waals surface area contributed by atoms with E-state index < -0.39 is 0 Å². The molecule has 0 radical (unpaired) electrons. The Balaban J connectivity index is 2.00. The third kappa shape index (κ3) is 4.21. The maximum atomic E-state index is 11.2. The molecule has 1 heterocycles. The number of nitrogens with zero attached hydrogens (tertiary/aromatic N) is 1. The van der Waals surface area contributed by atoms with Crippen LogP contribution >= 0.6 is 0 Å². The summed E-state index contributed by atoms with van der Waals surface area (Å²) in [7, 11) is 0. The first-order chi connectivity index (χ1) is 9.54. The number of carbonyl (C=O) groups is 1. The van der Waals surface area contributed by atoms with Crippen LogP contribution in [0.15, 0.2) is 24.3 Å². The molecule has 110 valence electrons. The lowest BCUT2D eigenvalue weighted by atomic mass is 10.1. The fourth-order valence-electron chi connectivity index (χ4n) is 2.63. The first-order valence-electron chi connectivity index (χ1n) is 7.04. The Bertz CT molecular complexity index is 464. The van der Waals surface area contributed by atoms with Crippen molar-refractivity contribution in [3.8, 4) is 0 Å². The molecular weight excluding hydrogens is 254 g/mol. The Morgan fingerprint density at radius 1 is 1.40 bits per heavy atom. The zero-order chi connectivity index (χ0) is 14.5. The normalized spacial score (nSPS) is 22.3. The van der Waals surface area contributed by atoms with Crippen LogP contribution in [-0.2, 0) is 16.1 Å². The lowest BCUT2D eigenvalue weighted by Gasteiger charge is -2.24. The number of ether oxygens (including phenoxy) is 1. The molecule has 2 rings (SSSR count). The molecule has 5 nitrogen and oxygen atoms in total. The van der Waals surface area contributed by atoms with Gasteiger partial charge < -0.3 is 16.2 Å². The molecule has 1 aromatic rings. The number of nitrogens with two attached hydrogens (primary N) is 2. The number of anilines is 1. The second-order valence-corrected chi connectivity index (χ2v) is 5.48. The van der Waals surface area contributed by atoms with Crippen LogP contribution in [0.5, 0.6) is 0 Å². The maximum absolute atomic E-state index is 11.2. The summed E-state index contributed by atoms with van der Waals surface area (Å²) in [6, 6.07) is 7.69. The predicted octanol–water partition coefficient (Wildman–Crippen LogP) is 1.12. The maximum Gasteiger partial charge on any atom is 0.231 e. The van der Waals surface area contributed by atoms with E-state index in [1.54, 1.807) is 0 Å². The molecule has 1 aromatic carbocycles. The highest BCUT2D eigenvalue weighted by atomic mass is 16.5. The van der Waals surface area contributed by atoms with Gasteiger partial charge in [-0.25, -0.2) is 0 Å². The summed E-state index contributed by atoms with van der Waals surface area (Å²) in [6.07, 6.45) is 2.58. The van der Waals surface area contributed by atoms with Crippen molar-refractivity contribution >= 4 is 11.6 Å². The zero-order valence-corrected chi connectivity index (χ0v) is 11.9. The largest absolute Gasteiger partial charge is 0.398 e. The molecule has 0 aromatic heterocycles. The fourth-order valence-corrected chi connectivity index (χ4v) is 2.63. The minimum absolute atomic E-state index is 0.175. The summed E-state index contributed by atoms with van der Waals surface area (Å²) >= 11 is 0. The molecule has 0 aliphatic carbocycles. The predicted molar refractivity (Wildman–Crippen MR) is 78.9 cm³/mol. The highest BCUT2D eigenvalue weighted by Crippen LogP contribution is 2.21. The number of hydrogen-bond acceptors (Lipinski definition) is 4. The molecule has 1 aliphatic heterocycles. The molecule has 2 unspecified atom stereocenters. The van der Waals surface area contributed by atoms with Crippen molar-refractivity contribution in [1.82, 2.24) is 4.90 Å². The molecular formula is C15H23N3O2. The minimum Gasteiger partial charge on any atom is -0.398 e. The van der Waals surface area contributed by atoms with Crippen molar-refractivity contribution < 1.29 is 9.53 Å². The van der Waals surface area contributed by atoms with Gasteiger partial charge in [-0.3, -0.25) is 9.69 Å². The van der Waals surface area contributed by atoms with Gasteiger partial charge in [-0.05, 0) is 31.4 Å². The third-order valence-corrected chi connectivity index (χ3v) is 3.61. The number of benzene rings is 1. The standard InChI is InChI=1S/C15H23N3O2/c1-11-6-7-13(20-11)9-18(10-15(17)19)8-12-4-2-3-5-14(12)16/h2-5,11,13H,6-10,16H2,1H3,(H2,17,19). The highest BCUT2D eigenvalue weighted by molar-refractivity contribution is 5.75. The summed E-state index contributed by atoms with van der Waals surface area (Å²) in [4.78, 5) is 13.2. The van der Waals surface area contributed by atoms with Crippen molar-refractivity contribution in [3.63, 3.8) is 0 Å². The summed E-state index contributed by atoms with van der Waals surface area (Å²) < 4.78 is 5.82. The monoisotopic (exact) mass is 277 g/mol. The Morgan fingerprint density at radius 2 is 2.15 bits per heavy atom. The first kappa shape index (κ1) is 14.8. The quantitative estimate of drug-likeness (QED) is 0.764. The van der Waals surface area contributed by atoms with Gasteiger partial charge in [-0.2, -0.15) is 0 Å². The molecule has 1 aliphatic rings. The van der Waals surface area contributed by atoms with Gasteiger partial charge in [0.2, 0.25) is 5.91 Å². The van der Waals surface area contributed by atoms with Gasteiger partial charge in [-0.15, -0.1) is 0 Å². The van der Waals surface area contributed by atoms with Gasteiger partial charge in [0.25, 0.3) is 0 Å². The molecule has 1 amide bonds. The van der Waals surface area contributed by atoms with Gasteiger partial charge in [-0.1, -0.05) is 18.2 Å². The summed E-state index contributed by atoms with van der Waals surface area (Å²) in [5.74, 6) is -0.328. The van der Waals surface area contributed by atoms with Crippen molar-refractivity contribution in [2.45, 2.75) is 38.5 Å². The van der Waals surface area contributed by atoms with Gasteiger partial charge in [0.15, 0.2) is 0 Å². The van der Waals surface area contributed by atoms with Crippen molar-refractivity contribution in [2.75, 3.05) is 18.8 Å². The van der Waals surface area contributed by atoms with E-state index >= 15 is 0 Å². The number of hydrogen-bond donors (Lipinski definition) is 2. The van der Waals surface area contributed by atoms with Crippen LogP contribution in [0.3, 0.4) is 0 Å². The van der Waals surface area contributed by atoms with Crippen molar-refractivity contribution in [2.24, 2.45) is 5.73 Å². The van der Waals surface area contributed by atoms with Gasteiger partial charge in [0.05, 0.1) is 18.8 Å². The van der Waals surface area contributed by atoms with Crippen LogP contribution in [0.2, 0.25) is 0 Å². The Morgan fingerprint density at radius 3 is 2.75 bits per heavy atom. The lowest BCUT2D eigenvalue weighted by molar-refractivity contribution is -0.119. The van der Waals surface area contributed by atoms with E-state index in [9.17, 15) is 4.79 Å². The topological polar surface area (TPSA) is 81.6 Å². The molecule has 0 bridgehead atoms. The van der Waals surface area contributed by atoms with Crippen LogP contribution in [0.1, 0.15) is 25.3 Å². The second kappa shape index (κ2) is 6.72. The van der Waals surface area contributed by atoms with Crippen LogP contribution in [0, 0.1) is 0 Å². The number of nitrogen functional groups attached to an aromatic ring is 1. The third-order valence-electron chi connectivity index (χ3n) is 3.61. The van der Waals surface area contributed by atoms with E-state index in [4.69, 9.17) is 16.2 Å². The summed E-state index contributed by atoms with van der Waals surface area (Å²) in [5.41, 5.74) is 13.0. The molecule has 2 atom stereocenters. The number of primary amides is 1. The number of carbonyl (C=O) groups excluding carboxylic acids is 1. The Hall–Kier alpha value is -1.59. The highest BCUT2D eigenvalue weighted by Gasteiger charge is 2.24. The Kier molecular flexibility index (Phi) is 4.98. The lowest BCUT2D eigenvalue weighted by Crippen LogP contribution is -2.38. The van der Waals surface area contributed by atoms with Gasteiger partial charge in [0, 0.05) is 18.8 Å². The van der Waals surface area contributed by atoms with Crippen LogP contribution in [-0.4, -0.2) is 36.1 Å². The summed E-state index contributed by atoms with van der Waals surface area (Å²) in [6.45, 7) is 3.63. The van der Waals surface area contributed by atoms with E-state index in [2.05, 4.69) is 6.92 Å². The second-order valence-electron chi connectivity index (χ2n) is 5.48. The van der Waals surface area contributed by atoms with E-state index in [0.29, 0.717) is 19.2 Å².